The number of carbonyl (C=O) groups is 1. The first kappa shape index (κ1) is 26.2. The van der Waals surface area contributed by atoms with E-state index < -0.39 is 27.5 Å². The van der Waals surface area contributed by atoms with Gasteiger partial charge in [-0.1, -0.05) is 24.3 Å². The first-order chi connectivity index (χ1) is 17.3. The average Bonchev–Trinajstić information content (AvgIpc) is 3.45. The van der Waals surface area contributed by atoms with Crippen molar-refractivity contribution in [1.29, 1.82) is 0 Å². The molecule has 2 aromatic heterocycles. The van der Waals surface area contributed by atoms with E-state index in [2.05, 4.69) is 5.10 Å². The van der Waals surface area contributed by atoms with Gasteiger partial charge in [-0.05, 0) is 62.2 Å². The number of ether oxygens (including phenoxy) is 1. The van der Waals surface area contributed by atoms with Crippen LogP contribution in [0, 0.1) is 5.82 Å². The Hall–Kier alpha value is -3.92. The Morgan fingerprint density at radius 2 is 1.78 bits per heavy atom. The maximum absolute atomic E-state index is 14.8. The number of aromatic nitrogens is 3. The zero-order chi connectivity index (χ0) is 27.0. The Bertz CT molecular complexity index is 1550. The summed E-state index contributed by atoms with van der Waals surface area (Å²) in [6, 6.07) is 14.0. The molecule has 0 bridgehead atoms. The number of nitrogens with zero attached hydrogens (tertiary/aromatic N) is 4. The van der Waals surface area contributed by atoms with Crippen molar-refractivity contribution >= 4 is 16.1 Å². The van der Waals surface area contributed by atoms with Crippen LogP contribution in [0.3, 0.4) is 0 Å². The second-order valence-electron chi connectivity index (χ2n) is 9.78. The summed E-state index contributed by atoms with van der Waals surface area (Å²) in [5.41, 5.74) is 1.54. The maximum Gasteiger partial charge on any atom is 0.410 e. The van der Waals surface area contributed by atoms with Crippen molar-refractivity contribution in [3.05, 3.63) is 84.6 Å². The summed E-state index contributed by atoms with van der Waals surface area (Å²) in [6.45, 7) is 5.35. The van der Waals surface area contributed by atoms with Gasteiger partial charge in [0.15, 0.2) is 0 Å². The van der Waals surface area contributed by atoms with E-state index in [1.165, 1.54) is 35.4 Å². The molecule has 8 nitrogen and oxygen atoms in total. The number of rotatable bonds is 6. The van der Waals surface area contributed by atoms with Crippen molar-refractivity contribution in [2.45, 2.75) is 37.8 Å². The molecule has 10 heteroatoms. The van der Waals surface area contributed by atoms with Gasteiger partial charge in [0.25, 0.3) is 10.0 Å². The molecule has 0 unspecified atom stereocenters. The van der Waals surface area contributed by atoms with Crippen molar-refractivity contribution < 1.29 is 22.3 Å². The number of carbonyl (C=O) groups excluding carboxylic acids is 1. The molecule has 37 heavy (non-hydrogen) atoms. The average molecular weight is 525 g/mol. The van der Waals surface area contributed by atoms with Crippen LogP contribution >= 0.6 is 0 Å². The number of amides is 1. The van der Waals surface area contributed by atoms with Crippen molar-refractivity contribution in [3.63, 3.8) is 0 Å². The standard InChI is InChI=1S/C27H29FN4O4S/c1-27(2,3)36-26(33)30(4)16-19-13-25(23-11-6-7-12-24(23)28)32(17-19)37(34,35)22-10-8-9-20(14-22)21-15-29-31(5)18-21/h6-15,17-18H,16H2,1-5H3. The molecular weight excluding hydrogens is 495 g/mol. The highest BCUT2D eigenvalue weighted by molar-refractivity contribution is 7.90. The van der Waals surface area contributed by atoms with Gasteiger partial charge in [-0.15, -0.1) is 0 Å². The Morgan fingerprint density at radius 1 is 1.05 bits per heavy atom. The Kier molecular flexibility index (Phi) is 6.96. The van der Waals surface area contributed by atoms with Gasteiger partial charge in [0.2, 0.25) is 0 Å². The summed E-state index contributed by atoms with van der Waals surface area (Å²) in [4.78, 5) is 13.9. The zero-order valence-electron chi connectivity index (χ0n) is 21.3. The Labute approximate surface area is 216 Å². The summed E-state index contributed by atoms with van der Waals surface area (Å²) in [5, 5.41) is 4.15. The number of halogens is 1. The Morgan fingerprint density at radius 3 is 2.43 bits per heavy atom. The van der Waals surface area contributed by atoms with Gasteiger partial charge in [-0.3, -0.25) is 4.68 Å². The molecule has 0 N–H and O–H groups in total. The molecule has 0 spiro atoms. The minimum Gasteiger partial charge on any atom is -0.444 e. The summed E-state index contributed by atoms with van der Waals surface area (Å²) < 4.78 is 50.6. The molecule has 0 atom stereocenters. The first-order valence-electron chi connectivity index (χ1n) is 11.6. The van der Waals surface area contributed by atoms with Crippen LogP contribution in [0.25, 0.3) is 22.4 Å². The summed E-state index contributed by atoms with van der Waals surface area (Å²) >= 11 is 0. The third kappa shape index (κ3) is 5.75. The summed E-state index contributed by atoms with van der Waals surface area (Å²) in [5.74, 6) is -0.562. The van der Waals surface area contributed by atoms with Crippen LogP contribution in [0.5, 0.6) is 0 Å². The van der Waals surface area contributed by atoms with E-state index in [0.717, 1.165) is 9.54 Å². The van der Waals surface area contributed by atoms with Crippen molar-refractivity contribution in [2.75, 3.05) is 7.05 Å². The first-order valence-corrected chi connectivity index (χ1v) is 13.0. The van der Waals surface area contributed by atoms with Gasteiger partial charge in [-0.2, -0.15) is 5.10 Å². The van der Waals surface area contributed by atoms with Crippen LogP contribution in [0.2, 0.25) is 0 Å². The van der Waals surface area contributed by atoms with Gasteiger partial charge in [-0.25, -0.2) is 21.6 Å². The third-order valence-corrected chi connectivity index (χ3v) is 7.22. The van der Waals surface area contributed by atoms with E-state index in [9.17, 15) is 17.6 Å². The van der Waals surface area contributed by atoms with Crippen LogP contribution in [0.15, 0.2) is 78.1 Å². The largest absolute Gasteiger partial charge is 0.444 e. The molecule has 0 aliphatic rings. The molecule has 2 heterocycles. The molecule has 0 aliphatic carbocycles. The lowest BCUT2D eigenvalue weighted by atomic mass is 10.1. The number of hydrogen-bond donors (Lipinski definition) is 0. The van der Waals surface area contributed by atoms with Crippen LogP contribution in [-0.2, 0) is 28.4 Å². The van der Waals surface area contributed by atoms with Crippen LogP contribution in [0.4, 0.5) is 9.18 Å². The van der Waals surface area contributed by atoms with Crippen molar-refractivity contribution in [2.24, 2.45) is 7.05 Å². The zero-order valence-corrected chi connectivity index (χ0v) is 22.2. The quantitative estimate of drug-likeness (QED) is 0.342. The molecule has 0 aliphatic heterocycles. The van der Waals surface area contributed by atoms with Crippen molar-refractivity contribution in [1.82, 2.24) is 18.7 Å². The monoisotopic (exact) mass is 524 g/mol. The molecular formula is C27H29FN4O4S. The summed E-state index contributed by atoms with van der Waals surface area (Å²) in [6.07, 6.45) is 4.29. The van der Waals surface area contributed by atoms with Gasteiger partial charge in [0.1, 0.15) is 11.4 Å². The predicted molar refractivity (Wildman–Crippen MR) is 139 cm³/mol. The molecule has 1 amide bonds. The number of hydrogen-bond acceptors (Lipinski definition) is 5. The number of benzene rings is 2. The Balaban J connectivity index is 1.78. The molecule has 194 valence electrons. The van der Waals surface area contributed by atoms with E-state index in [1.54, 1.807) is 82.3 Å². The van der Waals surface area contributed by atoms with E-state index in [1.807, 2.05) is 0 Å². The fraction of sp³-hybridized carbons (Fsp3) is 0.259. The molecule has 0 saturated heterocycles. The van der Waals surface area contributed by atoms with Gasteiger partial charge in [0, 0.05) is 37.6 Å². The van der Waals surface area contributed by atoms with E-state index in [4.69, 9.17) is 4.74 Å². The van der Waals surface area contributed by atoms with Crippen LogP contribution in [-0.4, -0.2) is 45.8 Å². The van der Waals surface area contributed by atoms with Crippen LogP contribution < -0.4 is 0 Å². The minimum atomic E-state index is -4.13. The minimum absolute atomic E-state index is 0.0362. The topological polar surface area (TPSA) is 86.4 Å². The third-order valence-electron chi connectivity index (χ3n) is 5.55. The molecule has 4 aromatic rings. The lowest BCUT2D eigenvalue weighted by Crippen LogP contribution is -2.33. The highest BCUT2D eigenvalue weighted by Crippen LogP contribution is 2.31. The predicted octanol–water partition coefficient (Wildman–Crippen LogP) is 5.30. The fourth-order valence-corrected chi connectivity index (χ4v) is 5.28. The highest BCUT2D eigenvalue weighted by Gasteiger charge is 2.25. The van der Waals surface area contributed by atoms with Gasteiger partial charge in [0.05, 0.1) is 23.3 Å². The van der Waals surface area contributed by atoms with Crippen molar-refractivity contribution in [3.8, 4) is 22.4 Å². The molecule has 0 fully saturated rings. The lowest BCUT2D eigenvalue weighted by molar-refractivity contribution is 0.0285. The van der Waals surface area contributed by atoms with Gasteiger partial charge < -0.3 is 9.64 Å². The van der Waals surface area contributed by atoms with E-state index in [0.29, 0.717) is 11.1 Å². The summed E-state index contributed by atoms with van der Waals surface area (Å²) in [7, 11) is -0.800. The van der Waals surface area contributed by atoms with E-state index in [-0.39, 0.29) is 22.7 Å². The lowest BCUT2D eigenvalue weighted by Gasteiger charge is -2.24. The second-order valence-corrected chi connectivity index (χ2v) is 11.6. The highest BCUT2D eigenvalue weighted by atomic mass is 32.2. The maximum atomic E-state index is 14.8. The molecule has 0 saturated carbocycles. The molecule has 4 rings (SSSR count). The molecule has 0 radical (unpaired) electrons. The number of aryl methyl sites for hydroxylation is 1. The SMILES string of the molecule is CN(Cc1cc(-c2ccccc2F)n(S(=O)(=O)c2cccc(-c3cnn(C)c3)c2)c1)C(=O)OC(C)(C)C. The van der Waals surface area contributed by atoms with Crippen LogP contribution in [0.1, 0.15) is 26.3 Å². The fourth-order valence-electron chi connectivity index (χ4n) is 3.85. The molecule has 2 aromatic carbocycles. The van der Waals surface area contributed by atoms with Gasteiger partial charge >= 0.3 is 6.09 Å². The normalized spacial score (nSPS) is 11.9. The van der Waals surface area contributed by atoms with E-state index >= 15 is 0 Å². The smallest absolute Gasteiger partial charge is 0.410 e. The second kappa shape index (κ2) is 9.85.